The number of aromatic nitrogens is 1. The summed E-state index contributed by atoms with van der Waals surface area (Å²) in [7, 11) is 0. The number of hydrogen-bond donors (Lipinski definition) is 2. The van der Waals surface area contributed by atoms with Crippen molar-refractivity contribution >= 4 is 74.7 Å². The van der Waals surface area contributed by atoms with Gasteiger partial charge < -0.3 is 9.73 Å². The molecule has 2 aromatic carbocycles. The molecule has 0 aliphatic heterocycles. The highest BCUT2D eigenvalue weighted by Crippen LogP contribution is 2.29. The summed E-state index contributed by atoms with van der Waals surface area (Å²) >= 11 is 18.5. The van der Waals surface area contributed by atoms with Crippen molar-refractivity contribution in [3.05, 3.63) is 92.0 Å². The first kappa shape index (κ1) is 24.6. The predicted octanol–water partition coefficient (Wildman–Crippen LogP) is 6.81. The van der Waals surface area contributed by atoms with Crippen LogP contribution in [0.1, 0.15) is 5.76 Å². The van der Waals surface area contributed by atoms with Crippen molar-refractivity contribution in [3.8, 4) is 22.6 Å². The van der Waals surface area contributed by atoms with Crippen LogP contribution in [0.2, 0.25) is 10.0 Å². The minimum absolute atomic E-state index is 0.0281. The number of thiocarbonyl (C=S) groups is 1. The lowest BCUT2D eigenvalue weighted by Crippen LogP contribution is -2.32. The third-order valence-corrected chi connectivity index (χ3v) is 5.89. The highest BCUT2D eigenvalue weighted by atomic mass is 35.5. The van der Waals surface area contributed by atoms with Gasteiger partial charge in [-0.2, -0.15) is 0 Å². The zero-order chi connectivity index (χ0) is 24.9. The molecule has 0 saturated carbocycles. The molecule has 0 atom stereocenters. The van der Waals surface area contributed by atoms with Crippen molar-refractivity contribution in [1.29, 1.82) is 0 Å². The normalized spacial score (nSPS) is 10.9. The number of furan rings is 1. The topological polar surface area (TPSA) is 110 Å². The number of nitro benzene ring substituents is 1. The molecule has 2 N–H and O–H groups in total. The fourth-order valence-corrected chi connectivity index (χ4v) is 4.49. The number of nitrogens with one attached hydrogen (secondary N) is 2. The summed E-state index contributed by atoms with van der Waals surface area (Å²) in [6, 6.07) is 14.7. The molecule has 176 valence electrons. The summed E-state index contributed by atoms with van der Waals surface area (Å²) in [5.41, 5.74) is 1.83. The molecule has 4 aromatic rings. The van der Waals surface area contributed by atoms with Gasteiger partial charge in [-0.1, -0.05) is 35.3 Å². The number of anilines is 1. The molecule has 0 bridgehead atoms. The zero-order valence-corrected chi connectivity index (χ0v) is 20.7. The Labute approximate surface area is 218 Å². The van der Waals surface area contributed by atoms with Crippen LogP contribution >= 0.6 is 46.8 Å². The molecule has 1 amide bonds. The Bertz CT molecular complexity index is 1440. The van der Waals surface area contributed by atoms with Gasteiger partial charge in [0.1, 0.15) is 11.5 Å². The maximum absolute atomic E-state index is 12.2. The lowest BCUT2D eigenvalue weighted by atomic mass is 10.1. The molecule has 0 aliphatic rings. The Hall–Kier alpha value is -3.57. The second-order valence-corrected chi connectivity index (χ2v) is 9.12. The third kappa shape index (κ3) is 6.52. The average molecular weight is 545 g/mol. The molecule has 0 saturated heterocycles. The molecule has 0 fully saturated rings. The SMILES string of the molecule is O=C(/C=C/c1ccc(-c2cc(Cl)cc(Cl)c2)o1)NC(=S)Nc1nc(-c2cccc([N+](=O)[O-])c2)cs1. The Morgan fingerprint density at radius 1 is 1.11 bits per heavy atom. The number of amides is 1. The fourth-order valence-electron chi connectivity index (χ4n) is 2.98. The van der Waals surface area contributed by atoms with E-state index in [1.54, 1.807) is 47.8 Å². The van der Waals surface area contributed by atoms with Crippen molar-refractivity contribution < 1.29 is 14.1 Å². The number of halogens is 2. The van der Waals surface area contributed by atoms with E-state index < -0.39 is 10.8 Å². The quantitative estimate of drug-likeness (QED) is 0.119. The van der Waals surface area contributed by atoms with E-state index in [1.165, 1.54) is 35.6 Å². The van der Waals surface area contributed by atoms with Gasteiger partial charge in [0.25, 0.3) is 5.69 Å². The van der Waals surface area contributed by atoms with Crippen LogP contribution in [-0.2, 0) is 4.79 Å². The van der Waals surface area contributed by atoms with E-state index in [0.29, 0.717) is 43.5 Å². The number of non-ortho nitro benzene ring substituents is 1. The van der Waals surface area contributed by atoms with Gasteiger partial charge in [-0.3, -0.25) is 20.2 Å². The summed E-state index contributed by atoms with van der Waals surface area (Å²) in [6.07, 6.45) is 2.77. The van der Waals surface area contributed by atoms with E-state index in [1.807, 2.05) is 0 Å². The zero-order valence-electron chi connectivity index (χ0n) is 17.5. The first-order chi connectivity index (χ1) is 16.8. The highest BCUT2D eigenvalue weighted by Gasteiger charge is 2.11. The molecule has 2 heterocycles. The van der Waals surface area contributed by atoms with Crippen molar-refractivity contribution in [1.82, 2.24) is 10.3 Å². The maximum Gasteiger partial charge on any atom is 0.270 e. The fraction of sp³-hybridized carbons (Fsp3) is 0. The molecular weight excluding hydrogens is 531 g/mol. The summed E-state index contributed by atoms with van der Waals surface area (Å²) in [5, 5.41) is 19.5. The van der Waals surface area contributed by atoms with Crippen molar-refractivity contribution in [3.63, 3.8) is 0 Å². The van der Waals surface area contributed by atoms with Gasteiger partial charge in [-0.05, 0) is 48.6 Å². The smallest absolute Gasteiger partial charge is 0.270 e. The summed E-state index contributed by atoms with van der Waals surface area (Å²) in [4.78, 5) is 27.1. The van der Waals surface area contributed by atoms with Crippen molar-refractivity contribution in [2.75, 3.05) is 5.32 Å². The van der Waals surface area contributed by atoms with Crippen molar-refractivity contribution in [2.24, 2.45) is 0 Å². The molecular formula is C23H14Cl2N4O4S2. The molecule has 0 radical (unpaired) electrons. The van der Waals surface area contributed by atoms with Crippen molar-refractivity contribution in [2.45, 2.75) is 0 Å². The third-order valence-electron chi connectivity index (χ3n) is 4.49. The van der Waals surface area contributed by atoms with Gasteiger partial charge in [0.05, 0.1) is 10.6 Å². The minimum atomic E-state index is -0.471. The maximum atomic E-state index is 12.2. The lowest BCUT2D eigenvalue weighted by Gasteiger charge is -2.04. The Morgan fingerprint density at radius 2 is 1.89 bits per heavy atom. The number of nitrogens with zero attached hydrogens (tertiary/aromatic N) is 2. The molecule has 0 aliphatic carbocycles. The number of hydrogen-bond acceptors (Lipinski definition) is 7. The van der Waals surface area contributed by atoms with Gasteiger partial charge in [-0.25, -0.2) is 4.98 Å². The standard InChI is InChI=1S/C23H14Cl2N4O4S2/c24-15-8-14(9-16(25)11-15)20-6-4-18(33-20)5-7-21(30)27-22(34)28-23-26-19(12-35-23)13-2-1-3-17(10-13)29(31)32/h1-12H,(H2,26,27,28,30,34)/b7-5+. The second kappa shape index (κ2) is 10.8. The number of carbonyl (C=O) groups excluding carboxylic acids is 1. The number of thiazole rings is 1. The summed E-state index contributed by atoms with van der Waals surface area (Å²) in [6.45, 7) is 0. The van der Waals surface area contributed by atoms with Crippen LogP contribution in [0.3, 0.4) is 0 Å². The second-order valence-electron chi connectivity index (χ2n) is 6.98. The number of rotatable bonds is 6. The van der Waals surface area contributed by atoms with Crippen LogP contribution < -0.4 is 10.6 Å². The van der Waals surface area contributed by atoms with Gasteiger partial charge in [0.2, 0.25) is 5.91 Å². The molecule has 35 heavy (non-hydrogen) atoms. The number of nitro groups is 1. The van der Waals surface area contributed by atoms with Crippen LogP contribution in [0.5, 0.6) is 0 Å². The van der Waals surface area contributed by atoms with Crippen LogP contribution in [-0.4, -0.2) is 20.9 Å². The van der Waals surface area contributed by atoms with Gasteiger partial charge in [0, 0.05) is 44.8 Å². The Balaban J connectivity index is 1.34. The number of benzene rings is 2. The number of carbonyl (C=O) groups is 1. The molecule has 0 spiro atoms. The average Bonchev–Trinajstić information content (AvgIpc) is 3.47. The van der Waals surface area contributed by atoms with Crippen LogP contribution in [0.25, 0.3) is 28.7 Å². The molecule has 2 aromatic heterocycles. The van der Waals surface area contributed by atoms with Gasteiger partial charge >= 0.3 is 0 Å². The van der Waals surface area contributed by atoms with E-state index >= 15 is 0 Å². The highest BCUT2D eigenvalue weighted by molar-refractivity contribution is 7.80. The lowest BCUT2D eigenvalue weighted by molar-refractivity contribution is -0.384. The van der Waals surface area contributed by atoms with E-state index in [9.17, 15) is 14.9 Å². The first-order valence-electron chi connectivity index (χ1n) is 9.83. The summed E-state index contributed by atoms with van der Waals surface area (Å²) < 4.78 is 5.72. The van der Waals surface area contributed by atoms with E-state index in [0.717, 1.165) is 0 Å². The predicted molar refractivity (Wildman–Crippen MR) is 142 cm³/mol. The van der Waals surface area contributed by atoms with Gasteiger partial charge in [-0.15, -0.1) is 11.3 Å². The molecule has 12 heteroatoms. The Kier molecular flexibility index (Phi) is 7.57. The molecule has 0 unspecified atom stereocenters. The first-order valence-corrected chi connectivity index (χ1v) is 11.9. The van der Waals surface area contributed by atoms with Crippen LogP contribution in [0.4, 0.5) is 10.8 Å². The van der Waals surface area contributed by atoms with E-state index in [4.69, 9.17) is 39.8 Å². The Morgan fingerprint density at radius 3 is 2.63 bits per heavy atom. The van der Waals surface area contributed by atoms with Crippen LogP contribution in [0, 0.1) is 10.1 Å². The summed E-state index contributed by atoms with van der Waals surface area (Å²) in [5.74, 6) is 0.531. The van der Waals surface area contributed by atoms with Gasteiger partial charge in [0.15, 0.2) is 10.2 Å². The minimum Gasteiger partial charge on any atom is -0.457 e. The van der Waals surface area contributed by atoms with Crippen LogP contribution in [0.15, 0.2) is 70.5 Å². The molecule has 4 rings (SSSR count). The monoisotopic (exact) mass is 544 g/mol. The largest absolute Gasteiger partial charge is 0.457 e. The molecule has 8 nitrogen and oxygen atoms in total. The van der Waals surface area contributed by atoms with E-state index in [2.05, 4.69) is 15.6 Å². The van der Waals surface area contributed by atoms with E-state index in [-0.39, 0.29) is 10.8 Å².